The topological polar surface area (TPSA) is 38.3 Å². The van der Waals surface area contributed by atoms with Crippen LogP contribution in [-0.2, 0) is 10.2 Å². The second-order valence-electron chi connectivity index (χ2n) is 9.23. The number of amides is 1. The zero-order valence-corrected chi connectivity index (χ0v) is 16.4. The van der Waals surface area contributed by atoms with Crippen molar-refractivity contribution in [2.24, 2.45) is 17.8 Å². The van der Waals surface area contributed by atoms with Crippen LogP contribution in [0.5, 0.6) is 5.75 Å². The minimum absolute atomic E-state index is 0.00397. The number of carbonyl (C=O) groups is 1. The molecule has 2 fully saturated rings. The third kappa shape index (κ3) is 4.19. The second kappa shape index (κ2) is 7.01. The van der Waals surface area contributed by atoms with Gasteiger partial charge in [-0.15, -0.1) is 0 Å². The average Bonchev–Trinajstić information content (AvgIpc) is 3.15. The number of benzene rings is 1. The van der Waals surface area contributed by atoms with Crippen molar-refractivity contribution in [3.63, 3.8) is 0 Å². The first kappa shape index (κ1) is 18.3. The van der Waals surface area contributed by atoms with Crippen LogP contribution in [0.4, 0.5) is 0 Å². The summed E-state index contributed by atoms with van der Waals surface area (Å²) in [5.74, 6) is 3.21. The third-order valence-electron chi connectivity index (χ3n) is 6.13. The molecule has 3 nitrogen and oxygen atoms in total. The molecule has 0 aliphatic heterocycles. The molecule has 1 amide bonds. The fraction of sp³-hybridized carbons (Fsp3) is 0.682. The van der Waals surface area contributed by atoms with E-state index < -0.39 is 0 Å². The maximum Gasteiger partial charge on any atom is 0.258 e. The van der Waals surface area contributed by atoms with Crippen molar-refractivity contribution >= 4 is 5.91 Å². The van der Waals surface area contributed by atoms with Gasteiger partial charge in [0.15, 0.2) is 6.61 Å². The number of hydrogen-bond donors (Lipinski definition) is 1. The fourth-order valence-electron chi connectivity index (χ4n) is 4.81. The molecule has 138 valence electrons. The van der Waals surface area contributed by atoms with Crippen LogP contribution < -0.4 is 10.1 Å². The molecule has 1 aromatic rings. The molecule has 2 bridgehead atoms. The molecule has 0 radical (unpaired) electrons. The molecule has 0 saturated heterocycles. The molecule has 2 aliphatic rings. The van der Waals surface area contributed by atoms with Gasteiger partial charge in [-0.2, -0.15) is 0 Å². The van der Waals surface area contributed by atoms with Crippen LogP contribution in [0, 0.1) is 24.7 Å². The van der Waals surface area contributed by atoms with Gasteiger partial charge in [0.25, 0.3) is 5.91 Å². The normalized spacial score (nSPS) is 26.5. The maximum absolute atomic E-state index is 12.4. The zero-order valence-electron chi connectivity index (χ0n) is 16.4. The molecule has 0 heterocycles. The lowest BCUT2D eigenvalue weighted by atomic mass is 9.84. The standard InChI is InChI=1S/C22H33NO2/c1-14-6-9-20(19(10-14)22(3,4)5)25-13-21(24)23-15(2)18-12-16-7-8-17(18)11-16/h6,9-10,15-18H,7-8,11-13H2,1-5H3,(H,23,24). The van der Waals surface area contributed by atoms with E-state index in [1.807, 2.05) is 12.1 Å². The summed E-state index contributed by atoms with van der Waals surface area (Å²) in [6.07, 6.45) is 5.41. The zero-order chi connectivity index (χ0) is 18.2. The molecule has 25 heavy (non-hydrogen) atoms. The Morgan fingerprint density at radius 3 is 2.64 bits per heavy atom. The molecule has 1 aromatic carbocycles. The summed E-state index contributed by atoms with van der Waals surface area (Å²) in [5.41, 5.74) is 2.36. The van der Waals surface area contributed by atoms with Crippen molar-refractivity contribution in [3.8, 4) is 5.75 Å². The minimum Gasteiger partial charge on any atom is -0.483 e. The summed E-state index contributed by atoms with van der Waals surface area (Å²) in [7, 11) is 0. The van der Waals surface area contributed by atoms with Crippen molar-refractivity contribution in [3.05, 3.63) is 29.3 Å². The van der Waals surface area contributed by atoms with Crippen molar-refractivity contribution in [2.45, 2.75) is 71.8 Å². The number of fused-ring (bicyclic) bond motifs is 2. The lowest BCUT2D eigenvalue weighted by Crippen LogP contribution is -2.42. The molecular formula is C22H33NO2. The largest absolute Gasteiger partial charge is 0.483 e. The van der Waals surface area contributed by atoms with Gasteiger partial charge in [0.1, 0.15) is 5.75 Å². The first-order chi connectivity index (χ1) is 11.7. The van der Waals surface area contributed by atoms with E-state index >= 15 is 0 Å². The highest BCUT2D eigenvalue weighted by Gasteiger charge is 2.42. The van der Waals surface area contributed by atoms with Crippen LogP contribution in [0.3, 0.4) is 0 Å². The summed E-state index contributed by atoms with van der Waals surface area (Å²) in [6, 6.07) is 6.44. The van der Waals surface area contributed by atoms with Gasteiger partial charge in [0.2, 0.25) is 0 Å². The Hall–Kier alpha value is -1.51. The van der Waals surface area contributed by atoms with E-state index in [-0.39, 0.29) is 24.0 Å². The SMILES string of the molecule is Cc1ccc(OCC(=O)NC(C)C2CC3CCC2C3)c(C(C)(C)C)c1. The lowest BCUT2D eigenvalue weighted by Gasteiger charge is -2.28. The van der Waals surface area contributed by atoms with Gasteiger partial charge >= 0.3 is 0 Å². The maximum atomic E-state index is 12.4. The summed E-state index contributed by atoms with van der Waals surface area (Å²) >= 11 is 0. The van der Waals surface area contributed by atoms with Gasteiger partial charge in [-0.05, 0) is 67.9 Å². The van der Waals surface area contributed by atoms with Gasteiger partial charge < -0.3 is 10.1 Å². The Balaban J connectivity index is 1.56. The Bertz CT molecular complexity index is 631. The summed E-state index contributed by atoms with van der Waals surface area (Å²) in [4.78, 5) is 12.4. The predicted octanol–water partition coefficient (Wildman–Crippen LogP) is 4.61. The van der Waals surface area contributed by atoms with E-state index in [1.54, 1.807) is 0 Å². The lowest BCUT2D eigenvalue weighted by molar-refractivity contribution is -0.124. The first-order valence-corrected chi connectivity index (χ1v) is 9.77. The minimum atomic E-state index is -0.00575. The number of nitrogens with one attached hydrogen (secondary N) is 1. The smallest absolute Gasteiger partial charge is 0.258 e. The third-order valence-corrected chi connectivity index (χ3v) is 6.13. The van der Waals surface area contributed by atoms with E-state index in [1.165, 1.54) is 31.2 Å². The van der Waals surface area contributed by atoms with Gasteiger partial charge in [-0.25, -0.2) is 0 Å². The van der Waals surface area contributed by atoms with E-state index in [4.69, 9.17) is 4.74 Å². The Kier molecular flexibility index (Phi) is 5.13. The number of aryl methyl sites for hydroxylation is 1. The molecule has 3 heteroatoms. The van der Waals surface area contributed by atoms with Crippen molar-refractivity contribution in [2.75, 3.05) is 6.61 Å². The van der Waals surface area contributed by atoms with Crippen LogP contribution in [0.1, 0.15) is 64.5 Å². The van der Waals surface area contributed by atoms with E-state index in [9.17, 15) is 4.79 Å². The van der Waals surface area contributed by atoms with Crippen LogP contribution in [0.15, 0.2) is 18.2 Å². The van der Waals surface area contributed by atoms with Gasteiger partial charge in [0.05, 0.1) is 0 Å². The van der Waals surface area contributed by atoms with Crippen molar-refractivity contribution < 1.29 is 9.53 Å². The molecular weight excluding hydrogens is 310 g/mol. The summed E-state index contributed by atoms with van der Waals surface area (Å²) in [6.45, 7) is 10.9. The van der Waals surface area contributed by atoms with Gasteiger partial charge in [-0.3, -0.25) is 4.79 Å². The van der Waals surface area contributed by atoms with Gasteiger partial charge in [0, 0.05) is 6.04 Å². The van der Waals surface area contributed by atoms with Gasteiger partial charge in [-0.1, -0.05) is 44.9 Å². The highest BCUT2D eigenvalue weighted by atomic mass is 16.5. The number of hydrogen-bond acceptors (Lipinski definition) is 2. The fourth-order valence-corrected chi connectivity index (χ4v) is 4.81. The molecule has 4 unspecified atom stereocenters. The highest BCUT2D eigenvalue weighted by Crippen LogP contribution is 2.49. The van der Waals surface area contributed by atoms with Crippen molar-refractivity contribution in [1.29, 1.82) is 0 Å². The molecule has 2 aliphatic carbocycles. The Morgan fingerprint density at radius 2 is 2.04 bits per heavy atom. The van der Waals surface area contributed by atoms with Crippen LogP contribution >= 0.6 is 0 Å². The number of carbonyl (C=O) groups excluding carboxylic acids is 1. The summed E-state index contributed by atoms with van der Waals surface area (Å²) in [5, 5.41) is 3.18. The van der Waals surface area contributed by atoms with E-state index in [0.717, 1.165) is 23.1 Å². The monoisotopic (exact) mass is 343 g/mol. The van der Waals surface area contributed by atoms with Crippen LogP contribution in [-0.4, -0.2) is 18.6 Å². The van der Waals surface area contributed by atoms with Crippen molar-refractivity contribution in [1.82, 2.24) is 5.32 Å². The predicted molar refractivity (Wildman–Crippen MR) is 102 cm³/mol. The molecule has 2 saturated carbocycles. The quantitative estimate of drug-likeness (QED) is 0.847. The van der Waals surface area contributed by atoms with Crippen LogP contribution in [0.25, 0.3) is 0 Å². The second-order valence-corrected chi connectivity index (χ2v) is 9.23. The Labute approximate surface area is 152 Å². The highest BCUT2D eigenvalue weighted by molar-refractivity contribution is 5.77. The van der Waals surface area contributed by atoms with E-state index in [0.29, 0.717) is 5.92 Å². The average molecular weight is 344 g/mol. The molecule has 3 rings (SSSR count). The first-order valence-electron chi connectivity index (χ1n) is 9.77. The Morgan fingerprint density at radius 1 is 1.28 bits per heavy atom. The molecule has 0 aromatic heterocycles. The number of ether oxygens (including phenoxy) is 1. The number of rotatable bonds is 5. The molecule has 1 N–H and O–H groups in total. The molecule has 4 atom stereocenters. The van der Waals surface area contributed by atoms with Crippen LogP contribution in [0.2, 0.25) is 0 Å². The summed E-state index contributed by atoms with van der Waals surface area (Å²) < 4.78 is 5.89. The van der Waals surface area contributed by atoms with E-state index in [2.05, 4.69) is 46.0 Å². The molecule has 0 spiro atoms.